The molecule has 0 saturated carbocycles. The van der Waals surface area contributed by atoms with E-state index >= 15 is 0 Å². The van der Waals surface area contributed by atoms with Gasteiger partial charge in [-0.1, -0.05) is 86.5 Å². The summed E-state index contributed by atoms with van der Waals surface area (Å²) in [5.41, 5.74) is 2.10. The van der Waals surface area contributed by atoms with Gasteiger partial charge in [-0.3, -0.25) is 4.90 Å². The SMILES string of the molecule is CCCC/C=C/N1C(=O)O[C@H](c2ccccc2)[C@@H]1c1ccccc1. The van der Waals surface area contributed by atoms with E-state index in [0.717, 1.165) is 30.4 Å². The maximum Gasteiger partial charge on any atom is 0.415 e. The zero-order chi connectivity index (χ0) is 16.8. The predicted octanol–water partition coefficient (Wildman–Crippen LogP) is 5.63. The molecule has 0 aromatic heterocycles. The fraction of sp³-hybridized carbons (Fsp3) is 0.286. The Labute approximate surface area is 143 Å². The van der Waals surface area contributed by atoms with Crippen LogP contribution in [0, 0.1) is 0 Å². The number of carbonyl (C=O) groups is 1. The Bertz CT molecular complexity index is 681. The van der Waals surface area contributed by atoms with E-state index in [0.29, 0.717) is 0 Å². The quantitative estimate of drug-likeness (QED) is 0.646. The summed E-state index contributed by atoms with van der Waals surface area (Å²) in [5.74, 6) is 0. The average Bonchev–Trinajstić information content (AvgIpc) is 2.97. The highest BCUT2D eigenvalue weighted by Gasteiger charge is 2.42. The lowest BCUT2D eigenvalue weighted by atomic mass is 9.95. The van der Waals surface area contributed by atoms with Crippen LogP contribution in [0.15, 0.2) is 72.9 Å². The third-order valence-corrected chi connectivity index (χ3v) is 4.28. The van der Waals surface area contributed by atoms with E-state index in [1.54, 1.807) is 4.90 Å². The van der Waals surface area contributed by atoms with Crippen molar-refractivity contribution >= 4 is 6.09 Å². The van der Waals surface area contributed by atoms with Crippen LogP contribution in [0.3, 0.4) is 0 Å². The molecule has 1 heterocycles. The molecule has 2 atom stereocenters. The molecule has 0 bridgehead atoms. The molecule has 2 aromatic rings. The first-order chi connectivity index (χ1) is 11.8. The van der Waals surface area contributed by atoms with E-state index in [1.165, 1.54) is 0 Å². The summed E-state index contributed by atoms with van der Waals surface area (Å²) < 4.78 is 5.72. The first-order valence-corrected chi connectivity index (χ1v) is 8.56. The lowest BCUT2D eigenvalue weighted by Gasteiger charge is -2.22. The van der Waals surface area contributed by atoms with Crippen LogP contribution in [0.4, 0.5) is 4.79 Å². The Hall–Kier alpha value is -2.55. The molecule has 0 N–H and O–H groups in total. The first-order valence-electron chi connectivity index (χ1n) is 8.56. The fourth-order valence-corrected chi connectivity index (χ4v) is 3.04. The first kappa shape index (κ1) is 16.3. The summed E-state index contributed by atoms with van der Waals surface area (Å²) in [6.45, 7) is 2.16. The third-order valence-electron chi connectivity index (χ3n) is 4.28. The van der Waals surface area contributed by atoms with Gasteiger partial charge in [-0.15, -0.1) is 0 Å². The van der Waals surface area contributed by atoms with E-state index in [9.17, 15) is 4.79 Å². The number of cyclic esters (lactones) is 1. The molecule has 24 heavy (non-hydrogen) atoms. The molecule has 2 aromatic carbocycles. The second-order valence-corrected chi connectivity index (χ2v) is 6.00. The molecule has 3 nitrogen and oxygen atoms in total. The van der Waals surface area contributed by atoms with Gasteiger partial charge in [0.2, 0.25) is 0 Å². The van der Waals surface area contributed by atoms with Gasteiger partial charge in [0.15, 0.2) is 6.10 Å². The minimum absolute atomic E-state index is 0.140. The third kappa shape index (κ3) is 3.51. The monoisotopic (exact) mass is 321 g/mol. The Balaban J connectivity index is 1.92. The van der Waals surface area contributed by atoms with E-state index in [-0.39, 0.29) is 18.2 Å². The zero-order valence-electron chi connectivity index (χ0n) is 14.0. The number of unbranched alkanes of at least 4 members (excludes halogenated alkanes) is 2. The topological polar surface area (TPSA) is 29.5 Å². The fourth-order valence-electron chi connectivity index (χ4n) is 3.04. The van der Waals surface area contributed by atoms with Gasteiger partial charge in [0.1, 0.15) is 6.04 Å². The van der Waals surface area contributed by atoms with Crippen molar-refractivity contribution in [1.82, 2.24) is 4.90 Å². The van der Waals surface area contributed by atoms with Crippen molar-refractivity contribution < 1.29 is 9.53 Å². The second-order valence-electron chi connectivity index (χ2n) is 6.00. The second kappa shape index (κ2) is 7.82. The van der Waals surface area contributed by atoms with Gasteiger partial charge < -0.3 is 4.74 Å². The van der Waals surface area contributed by atoms with Crippen molar-refractivity contribution in [3.8, 4) is 0 Å². The van der Waals surface area contributed by atoms with Crippen LogP contribution in [0.1, 0.15) is 49.5 Å². The standard InChI is InChI=1S/C21H23NO2/c1-2-3-4-11-16-22-19(17-12-7-5-8-13-17)20(24-21(22)23)18-14-9-6-10-15-18/h5-16,19-20H,2-4H2,1H3/b16-11+/t19-,20+/m0/s1. The van der Waals surface area contributed by atoms with Gasteiger partial charge in [0.25, 0.3) is 0 Å². The molecule has 124 valence electrons. The normalized spacial score (nSPS) is 20.5. The predicted molar refractivity (Wildman–Crippen MR) is 95.4 cm³/mol. The largest absolute Gasteiger partial charge is 0.438 e. The van der Waals surface area contributed by atoms with Crippen LogP contribution < -0.4 is 0 Å². The van der Waals surface area contributed by atoms with Crippen LogP contribution in [-0.2, 0) is 4.74 Å². The average molecular weight is 321 g/mol. The molecule has 1 aliphatic heterocycles. The van der Waals surface area contributed by atoms with Crippen molar-refractivity contribution in [2.75, 3.05) is 0 Å². The van der Waals surface area contributed by atoms with Crippen molar-refractivity contribution in [1.29, 1.82) is 0 Å². The number of ether oxygens (including phenoxy) is 1. The Morgan fingerprint density at radius 3 is 2.25 bits per heavy atom. The molecule has 0 aliphatic carbocycles. The van der Waals surface area contributed by atoms with Gasteiger partial charge in [-0.05, 0) is 17.5 Å². The molecule has 1 fully saturated rings. The molecular formula is C21H23NO2. The van der Waals surface area contributed by atoms with E-state index in [1.807, 2.05) is 54.7 Å². The van der Waals surface area contributed by atoms with Crippen LogP contribution in [-0.4, -0.2) is 11.0 Å². The highest BCUT2D eigenvalue weighted by molar-refractivity contribution is 5.73. The minimum Gasteiger partial charge on any atom is -0.438 e. The number of benzene rings is 2. The Morgan fingerprint density at radius 2 is 1.62 bits per heavy atom. The van der Waals surface area contributed by atoms with Crippen molar-refractivity contribution in [3.05, 3.63) is 84.1 Å². The number of nitrogens with zero attached hydrogens (tertiary/aromatic N) is 1. The molecule has 3 heteroatoms. The Morgan fingerprint density at radius 1 is 1.00 bits per heavy atom. The number of rotatable bonds is 6. The molecule has 0 unspecified atom stereocenters. The summed E-state index contributed by atoms with van der Waals surface area (Å²) in [6, 6.07) is 19.9. The van der Waals surface area contributed by atoms with Gasteiger partial charge in [-0.25, -0.2) is 4.79 Å². The summed E-state index contributed by atoms with van der Waals surface area (Å²) in [5, 5.41) is 0. The lowest BCUT2D eigenvalue weighted by Crippen LogP contribution is -2.22. The highest BCUT2D eigenvalue weighted by atomic mass is 16.6. The maximum absolute atomic E-state index is 12.5. The van der Waals surface area contributed by atoms with E-state index in [4.69, 9.17) is 4.74 Å². The van der Waals surface area contributed by atoms with Crippen LogP contribution >= 0.6 is 0 Å². The number of amides is 1. The van der Waals surface area contributed by atoms with Crippen LogP contribution in [0.2, 0.25) is 0 Å². The lowest BCUT2D eigenvalue weighted by molar-refractivity contribution is 0.131. The van der Waals surface area contributed by atoms with Crippen LogP contribution in [0.5, 0.6) is 0 Å². The molecular weight excluding hydrogens is 298 g/mol. The minimum atomic E-state index is -0.295. The number of hydrogen-bond acceptors (Lipinski definition) is 2. The Kier molecular flexibility index (Phi) is 5.32. The van der Waals surface area contributed by atoms with Crippen LogP contribution in [0.25, 0.3) is 0 Å². The van der Waals surface area contributed by atoms with Gasteiger partial charge in [-0.2, -0.15) is 0 Å². The number of allylic oxidation sites excluding steroid dienone is 1. The molecule has 0 spiro atoms. The smallest absolute Gasteiger partial charge is 0.415 e. The maximum atomic E-state index is 12.5. The number of carbonyl (C=O) groups excluding carboxylic acids is 1. The summed E-state index contributed by atoms with van der Waals surface area (Å²) >= 11 is 0. The molecule has 1 aliphatic rings. The highest BCUT2D eigenvalue weighted by Crippen LogP contribution is 2.43. The van der Waals surface area contributed by atoms with Gasteiger partial charge in [0, 0.05) is 6.20 Å². The summed E-state index contributed by atoms with van der Waals surface area (Å²) in [7, 11) is 0. The molecule has 1 amide bonds. The van der Waals surface area contributed by atoms with Gasteiger partial charge >= 0.3 is 6.09 Å². The number of hydrogen-bond donors (Lipinski definition) is 0. The molecule has 0 radical (unpaired) electrons. The van der Waals surface area contributed by atoms with Crippen molar-refractivity contribution in [2.24, 2.45) is 0 Å². The molecule has 3 rings (SSSR count). The van der Waals surface area contributed by atoms with Gasteiger partial charge in [0.05, 0.1) is 0 Å². The summed E-state index contributed by atoms with van der Waals surface area (Å²) in [4.78, 5) is 14.2. The van der Waals surface area contributed by atoms with Crippen molar-refractivity contribution in [2.45, 2.75) is 38.3 Å². The summed E-state index contributed by atoms with van der Waals surface area (Å²) in [6.07, 6.45) is 6.60. The van der Waals surface area contributed by atoms with E-state index in [2.05, 4.69) is 25.1 Å². The van der Waals surface area contributed by atoms with E-state index < -0.39 is 0 Å². The van der Waals surface area contributed by atoms with Crippen molar-refractivity contribution in [3.63, 3.8) is 0 Å². The molecule has 1 saturated heterocycles. The zero-order valence-corrected chi connectivity index (χ0v) is 14.0.